The maximum Gasteiger partial charge on any atom is 0.240 e. The summed E-state index contributed by atoms with van der Waals surface area (Å²) in [6.07, 6.45) is 5.54. The smallest absolute Gasteiger partial charge is 0.207 e. The highest BCUT2D eigenvalue weighted by molar-refractivity contribution is 9.10. The van der Waals surface area contributed by atoms with Crippen LogP contribution in [0, 0.1) is 0 Å². The van der Waals surface area contributed by atoms with E-state index in [0.29, 0.717) is 4.90 Å². The fraction of sp³-hybridized carbons (Fsp3) is 0.273. The highest BCUT2D eigenvalue weighted by Gasteiger charge is 2.20. The van der Waals surface area contributed by atoms with Gasteiger partial charge in [0, 0.05) is 10.5 Å². The zero-order valence-electron chi connectivity index (χ0n) is 8.56. The summed E-state index contributed by atoms with van der Waals surface area (Å²) in [7, 11) is -3.37. The molecule has 0 radical (unpaired) electrons. The Hall–Kier alpha value is -0.650. The fourth-order valence-corrected chi connectivity index (χ4v) is 3.14. The number of hydrogen-bond donors (Lipinski definition) is 1. The van der Waals surface area contributed by atoms with Gasteiger partial charge >= 0.3 is 0 Å². The van der Waals surface area contributed by atoms with Crippen molar-refractivity contribution in [2.45, 2.75) is 23.8 Å². The third kappa shape index (κ3) is 2.72. The van der Waals surface area contributed by atoms with Crippen molar-refractivity contribution in [2.75, 3.05) is 0 Å². The Morgan fingerprint density at radius 3 is 2.25 bits per heavy atom. The summed E-state index contributed by atoms with van der Waals surface area (Å²) in [6.45, 7) is 0. The minimum atomic E-state index is -3.37. The van der Waals surface area contributed by atoms with Gasteiger partial charge in [0.25, 0.3) is 0 Å². The van der Waals surface area contributed by atoms with Crippen molar-refractivity contribution in [3.63, 3.8) is 0 Å². The molecule has 0 spiro atoms. The van der Waals surface area contributed by atoms with Crippen molar-refractivity contribution in [2.24, 2.45) is 0 Å². The average molecular weight is 302 g/mol. The molecule has 86 valence electrons. The lowest BCUT2D eigenvalue weighted by atomic mass is 10.3. The topological polar surface area (TPSA) is 46.2 Å². The molecule has 16 heavy (non-hydrogen) atoms. The molecule has 1 aliphatic rings. The van der Waals surface area contributed by atoms with Gasteiger partial charge in [-0.15, -0.1) is 0 Å². The monoisotopic (exact) mass is 301 g/mol. The van der Waals surface area contributed by atoms with E-state index in [2.05, 4.69) is 20.7 Å². The lowest BCUT2D eigenvalue weighted by Crippen LogP contribution is -2.32. The zero-order valence-corrected chi connectivity index (χ0v) is 11.0. The molecule has 0 saturated carbocycles. The SMILES string of the molecule is O=S(=O)(NC1CC=CC1)c1ccc(Br)cc1. The molecule has 1 aliphatic carbocycles. The second-order valence-corrected chi connectivity index (χ2v) is 6.34. The van der Waals surface area contributed by atoms with E-state index in [9.17, 15) is 8.42 Å². The van der Waals surface area contributed by atoms with Crippen LogP contribution in [-0.4, -0.2) is 14.5 Å². The second kappa shape index (κ2) is 4.69. The van der Waals surface area contributed by atoms with Crippen molar-refractivity contribution in [1.82, 2.24) is 4.72 Å². The molecule has 0 bridgehead atoms. The Balaban J connectivity index is 2.15. The molecule has 0 aromatic heterocycles. The Kier molecular flexibility index (Phi) is 3.47. The third-order valence-electron chi connectivity index (χ3n) is 2.45. The minimum Gasteiger partial charge on any atom is -0.207 e. The quantitative estimate of drug-likeness (QED) is 0.872. The molecule has 0 heterocycles. The van der Waals surface area contributed by atoms with Gasteiger partial charge in [-0.25, -0.2) is 13.1 Å². The summed E-state index contributed by atoms with van der Waals surface area (Å²) in [5.41, 5.74) is 0. The molecular formula is C11H12BrNO2S. The summed E-state index contributed by atoms with van der Waals surface area (Å²) in [4.78, 5) is 0.308. The summed E-state index contributed by atoms with van der Waals surface area (Å²) in [6, 6.07) is 6.64. The van der Waals surface area contributed by atoms with Gasteiger partial charge in [0.2, 0.25) is 10.0 Å². The predicted molar refractivity (Wildman–Crippen MR) is 66.6 cm³/mol. The largest absolute Gasteiger partial charge is 0.240 e. The number of halogens is 1. The van der Waals surface area contributed by atoms with Gasteiger partial charge in [-0.3, -0.25) is 0 Å². The third-order valence-corrected chi connectivity index (χ3v) is 4.52. The van der Waals surface area contributed by atoms with Crippen LogP contribution in [0.1, 0.15) is 12.8 Å². The van der Waals surface area contributed by atoms with E-state index >= 15 is 0 Å². The number of hydrogen-bond acceptors (Lipinski definition) is 2. The van der Waals surface area contributed by atoms with E-state index in [1.807, 2.05) is 12.2 Å². The molecule has 0 saturated heterocycles. The molecule has 0 aliphatic heterocycles. The second-order valence-electron chi connectivity index (χ2n) is 3.71. The summed E-state index contributed by atoms with van der Waals surface area (Å²) >= 11 is 3.28. The first-order valence-electron chi connectivity index (χ1n) is 5.01. The molecule has 1 N–H and O–H groups in total. The molecule has 1 aromatic carbocycles. The van der Waals surface area contributed by atoms with Crippen LogP contribution in [0.3, 0.4) is 0 Å². The van der Waals surface area contributed by atoms with Crippen LogP contribution in [-0.2, 0) is 10.0 Å². The summed E-state index contributed by atoms with van der Waals surface area (Å²) < 4.78 is 27.4. The highest BCUT2D eigenvalue weighted by atomic mass is 79.9. The lowest BCUT2D eigenvalue weighted by molar-refractivity contribution is 0.557. The number of sulfonamides is 1. The number of benzene rings is 1. The van der Waals surface area contributed by atoms with Crippen LogP contribution in [0.15, 0.2) is 45.8 Å². The maximum absolute atomic E-state index is 11.9. The molecule has 0 atom stereocenters. The Morgan fingerprint density at radius 2 is 1.69 bits per heavy atom. The number of rotatable bonds is 3. The van der Waals surface area contributed by atoms with E-state index < -0.39 is 10.0 Å². The van der Waals surface area contributed by atoms with Crippen molar-refractivity contribution in [3.05, 3.63) is 40.9 Å². The van der Waals surface area contributed by atoms with Gasteiger partial charge in [-0.2, -0.15) is 0 Å². The van der Waals surface area contributed by atoms with E-state index in [4.69, 9.17) is 0 Å². The van der Waals surface area contributed by atoms with Gasteiger partial charge in [0.1, 0.15) is 0 Å². The first kappa shape index (κ1) is 11.8. The lowest BCUT2D eigenvalue weighted by Gasteiger charge is -2.12. The van der Waals surface area contributed by atoms with Crippen LogP contribution < -0.4 is 4.72 Å². The summed E-state index contributed by atoms with van der Waals surface area (Å²) in [5.74, 6) is 0. The van der Waals surface area contributed by atoms with Crippen molar-refractivity contribution in [3.8, 4) is 0 Å². The maximum atomic E-state index is 11.9. The standard InChI is InChI=1S/C11H12BrNO2S/c12-9-5-7-11(8-6-9)16(14,15)13-10-3-1-2-4-10/h1-2,5-8,10,13H,3-4H2. The predicted octanol–water partition coefficient (Wildman–Crippen LogP) is 2.45. The van der Waals surface area contributed by atoms with Gasteiger partial charge in [-0.05, 0) is 37.1 Å². The Bertz CT molecular complexity index is 485. The van der Waals surface area contributed by atoms with Crippen LogP contribution in [0.25, 0.3) is 0 Å². The van der Waals surface area contributed by atoms with Crippen LogP contribution in [0.4, 0.5) is 0 Å². The molecule has 0 unspecified atom stereocenters. The van der Waals surface area contributed by atoms with E-state index in [-0.39, 0.29) is 6.04 Å². The van der Waals surface area contributed by atoms with E-state index in [1.165, 1.54) is 0 Å². The van der Waals surface area contributed by atoms with Crippen molar-refractivity contribution < 1.29 is 8.42 Å². The molecule has 5 heteroatoms. The molecule has 0 fully saturated rings. The molecule has 1 aromatic rings. The number of nitrogens with one attached hydrogen (secondary N) is 1. The average Bonchev–Trinajstić information content (AvgIpc) is 2.70. The van der Waals surface area contributed by atoms with E-state index in [0.717, 1.165) is 17.3 Å². The Labute approximate surface area is 104 Å². The Morgan fingerprint density at radius 1 is 1.12 bits per heavy atom. The zero-order chi connectivity index (χ0) is 11.6. The van der Waals surface area contributed by atoms with Crippen molar-refractivity contribution >= 4 is 26.0 Å². The van der Waals surface area contributed by atoms with Crippen molar-refractivity contribution in [1.29, 1.82) is 0 Å². The normalized spacial score (nSPS) is 16.8. The first-order valence-corrected chi connectivity index (χ1v) is 7.28. The highest BCUT2D eigenvalue weighted by Crippen LogP contribution is 2.17. The van der Waals surface area contributed by atoms with E-state index in [1.54, 1.807) is 24.3 Å². The molecule has 3 nitrogen and oxygen atoms in total. The van der Waals surface area contributed by atoms with Crippen LogP contribution >= 0.6 is 15.9 Å². The van der Waals surface area contributed by atoms with Crippen LogP contribution in [0.5, 0.6) is 0 Å². The fourth-order valence-electron chi connectivity index (χ4n) is 1.61. The summed E-state index contributed by atoms with van der Waals surface area (Å²) in [5, 5.41) is 0. The molecular weight excluding hydrogens is 290 g/mol. The van der Waals surface area contributed by atoms with Gasteiger partial charge in [0.05, 0.1) is 4.90 Å². The first-order chi connectivity index (χ1) is 7.58. The minimum absolute atomic E-state index is 0.00801. The van der Waals surface area contributed by atoms with Crippen LogP contribution in [0.2, 0.25) is 0 Å². The molecule has 0 amide bonds. The van der Waals surface area contributed by atoms with Gasteiger partial charge in [0.15, 0.2) is 0 Å². The molecule has 2 rings (SSSR count). The van der Waals surface area contributed by atoms with Gasteiger partial charge < -0.3 is 0 Å². The van der Waals surface area contributed by atoms with Gasteiger partial charge in [-0.1, -0.05) is 28.1 Å².